The van der Waals surface area contributed by atoms with Crippen LogP contribution >= 0.6 is 0 Å². The molecule has 0 spiro atoms. The third-order valence-corrected chi connectivity index (χ3v) is 3.37. The predicted octanol–water partition coefficient (Wildman–Crippen LogP) is 2.46. The van der Waals surface area contributed by atoms with E-state index in [-0.39, 0.29) is 18.4 Å². The standard InChI is InChI=1S/C16H17F3N2O3/c1-10(6-7-20)14(15(23)24-2)21-13(22)9-11-4-3-5-12(8-11)16(17,18)19/h3-5,8,10,14H,6,9H2,1-2H3,(H,21,22)/t10-,14-/m1/s1. The lowest BCUT2D eigenvalue weighted by Gasteiger charge is -2.21. The van der Waals surface area contributed by atoms with Gasteiger partial charge in [0.25, 0.3) is 0 Å². The maximum atomic E-state index is 12.7. The van der Waals surface area contributed by atoms with Gasteiger partial charge in [-0.1, -0.05) is 25.1 Å². The molecule has 1 rings (SSSR count). The topological polar surface area (TPSA) is 79.2 Å². The quantitative estimate of drug-likeness (QED) is 0.806. The van der Waals surface area contributed by atoms with E-state index in [2.05, 4.69) is 10.1 Å². The Morgan fingerprint density at radius 2 is 2.04 bits per heavy atom. The van der Waals surface area contributed by atoms with Crippen molar-refractivity contribution in [1.82, 2.24) is 5.32 Å². The summed E-state index contributed by atoms with van der Waals surface area (Å²) in [6, 6.07) is 5.25. The number of nitrogens with zero attached hydrogens (tertiary/aromatic N) is 1. The van der Waals surface area contributed by atoms with Gasteiger partial charge in [-0.05, 0) is 11.6 Å². The summed E-state index contributed by atoms with van der Waals surface area (Å²) in [5, 5.41) is 11.1. The van der Waals surface area contributed by atoms with Gasteiger partial charge in [0.05, 0.1) is 25.2 Å². The zero-order valence-electron chi connectivity index (χ0n) is 13.2. The Bertz CT molecular complexity index is 638. The van der Waals surface area contributed by atoms with Gasteiger partial charge in [-0.25, -0.2) is 4.79 Å². The molecule has 5 nitrogen and oxygen atoms in total. The molecule has 2 atom stereocenters. The second kappa shape index (κ2) is 8.34. The number of methoxy groups -OCH3 is 1. The van der Waals surface area contributed by atoms with E-state index in [0.29, 0.717) is 0 Å². The molecule has 0 aliphatic carbocycles. The van der Waals surface area contributed by atoms with E-state index in [4.69, 9.17) is 5.26 Å². The van der Waals surface area contributed by atoms with Gasteiger partial charge >= 0.3 is 12.1 Å². The highest BCUT2D eigenvalue weighted by Crippen LogP contribution is 2.29. The minimum Gasteiger partial charge on any atom is -0.467 e. The summed E-state index contributed by atoms with van der Waals surface area (Å²) in [7, 11) is 1.15. The number of halogens is 3. The first kappa shape index (κ1) is 19.5. The van der Waals surface area contributed by atoms with E-state index in [0.717, 1.165) is 19.2 Å². The Hall–Kier alpha value is -2.56. The highest BCUT2D eigenvalue weighted by atomic mass is 19.4. The SMILES string of the molecule is COC(=O)[C@H](NC(=O)Cc1cccc(C(F)(F)F)c1)[C@H](C)CC#N. The van der Waals surface area contributed by atoms with Crippen molar-refractivity contribution in [2.45, 2.75) is 32.0 Å². The number of rotatable bonds is 6. The maximum Gasteiger partial charge on any atom is 0.416 e. The summed E-state index contributed by atoms with van der Waals surface area (Å²) in [6.07, 6.45) is -4.80. The molecule has 0 fully saturated rings. The van der Waals surface area contributed by atoms with Gasteiger partial charge in [-0.3, -0.25) is 4.79 Å². The molecule has 0 unspecified atom stereocenters. The second-order valence-electron chi connectivity index (χ2n) is 5.28. The van der Waals surface area contributed by atoms with Crippen molar-refractivity contribution < 1.29 is 27.5 Å². The second-order valence-corrected chi connectivity index (χ2v) is 5.28. The number of carbonyl (C=O) groups is 2. The number of esters is 1. The van der Waals surface area contributed by atoms with Gasteiger partial charge in [0.2, 0.25) is 5.91 Å². The molecule has 0 aliphatic heterocycles. The maximum absolute atomic E-state index is 12.7. The monoisotopic (exact) mass is 342 g/mol. The third-order valence-electron chi connectivity index (χ3n) is 3.37. The fraction of sp³-hybridized carbons (Fsp3) is 0.438. The van der Waals surface area contributed by atoms with Crippen LogP contribution in [0, 0.1) is 17.2 Å². The van der Waals surface area contributed by atoms with Crippen LogP contribution in [0.3, 0.4) is 0 Å². The summed E-state index contributed by atoms with van der Waals surface area (Å²) in [5.74, 6) is -1.84. The highest BCUT2D eigenvalue weighted by Gasteiger charge is 2.31. The number of hydrogen-bond acceptors (Lipinski definition) is 4. The first-order valence-electron chi connectivity index (χ1n) is 7.09. The average molecular weight is 342 g/mol. The van der Waals surface area contributed by atoms with Crippen molar-refractivity contribution in [2.75, 3.05) is 7.11 Å². The summed E-state index contributed by atoms with van der Waals surface area (Å²) in [5.41, 5.74) is -0.686. The van der Waals surface area contributed by atoms with E-state index < -0.39 is 35.6 Å². The van der Waals surface area contributed by atoms with Gasteiger partial charge in [-0.2, -0.15) is 18.4 Å². The predicted molar refractivity (Wildman–Crippen MR) is 78.5 cm³/mol. The van der Waals surface area contributed by atoms with Crippen molar-refractivity contribution >= 4 is 11.9 Å². The van der Waals surface area contributed by atoms with Crippen molar-refractivity contribution in [2.24, 2.45) is 5.92 Å². The molecule has 0 saturated heterocycles. The fourth-order valence-electron chi connectivity index (χ4n) is 2.09. The number of alkyl halides is 3. The van der Waals surface area contributed by atoms with Crippen LogP contribution in [-0.4, -0.2) is 25.0 Å². The Morgan fingerprint density at radius 3 is 2.58 bits per heavy atom. The molecule has 1 N–H and O–H groups in total. The van der Waals surface area contributed by atoms with Crippen molar-refractivity contribution in [1.29, 1.82) is 5.26 Å². The number of nitrogens with one attached hydrogen (secondary N) is 1. The van der Waals surface area contributed by atoms with Gasteiger partial charge in [0, 0.05) is 12.3 Å². The third kappa shape index (κ3) is 5.57. The molecule has 0 aromatic heterocycles. The van der Waals surface area contributed by atoms with Gasteiger partial charge < -0.3 is 10.1 Å². The zero-order valence-corrected chi connectivity index (χ0v) is 13.2. The highest BCUT2D eigenvalue weighted by molar-refractivity contribution is 5.85. The number of ether oxygens (including phenoxy) is 1. The lowest BCUT2D eigenvalue weighted by atomic mass is 9.98. The molecule has 130 valence electrons. The summed E-state index contributed by atoms with van der Waals surface area (Å²) >= 11 is 0. The molecular weight excluding hydrogens is 325 g/mol. The molecule has 0 aliphatic rings. The van der Waals surface area contributed by atoms with Crippen LogP contribution in [-0.2, 0) is 26.9 Å². The number of carbonyl (C=O) groups excluding carboxylic acids is 2. The van der Waals surface area contributed by atoms with Crippen LogP contribution in [0.1, 0.15) is 24.5 Å². The van der Waals surface area contributed by atoms with E-state index >= 15 is 0 Å². The van der Waals surface area contributed by atoms with Crippen molar-refractivity contribution in [3.8, 4) is 6.07 Å². The van der Waals surface area contributed by atoms with E-state index in [1.807, 2.05) is 6.07 Å². The summed E-state index contributed by atoms with van der Waals surface area (Å²) in [4.78, 5) is 23.7. The van der Waals surface area contributed by atoms with E-state index in [1.54, 1.807) is 6.92 Å². The van der Waals surface area contributed by atoms with Crippen LogP contribution in [0.2, 0.25) is 0 Å². The first-order chi connectivity index (χ1) is 11.2. The van der Waals surface area contributed by atoms with Crippen LogP contribution in [0.25, 0.3) is 0 Å². The van der Waals surface area contributed by atoms with Crippen LogP contribution in [0.4, 0.5) is 13.2 Å². The molecule has 1 aromatic carbocycles. The Morgan fingerprint density at radius 1 is 1.38 bits per heavy atom. The minimum absolute atomic E-state index is 0.0175. The van der Waals surface area contributed by atoms with E-state index in [1.165, 1.54) is 12.1 Å². The molecule has 1 amide bonds. The number of hydrogen-bond donors (Lipinski definition) is 1. The molecule has 0 saturated carbocycles. The molecule has 0 radical (unpaired) electrons. The molecule has 24 heavy (non-hydrogen) atoms. The first-order valence-corrected chi connectivity index (χ1v) is 7.09. The minimum atomic E-state index is -4.50. The number of amides is 1. The van der Waals surface area contributed by atoms with Crippen LogP contribution in [0.15, 0.2) is 24.3 Å². The Kier molecular flexibility index (Phi) is 6.77. The largest absolute Gasteiger partial charge is 0.467 e. The normalized spacial score (nSPS) is 13.5. The number of nitriles is 1. The molecule has 8 heteroatoms. The average Bonchev–Trinajstić information content (AvgIpc) is 2.51. The van der Waals surface area contributed by atoms with Crippen LogP contribution in [0.5, 0.6) is 0 Å². The Labute approximate surface area is 137 Å². The molecular formula is C16H17F3N2O3. The van der Waals surface area contributed by atoms with Gasteiger partial charge in [0.1, 0.15) is 6.04 Å². The summed E-state index contributed by atoms with van der Waals surface area (Å²) in [6.45, 7) is 1.59. The van der Waals surface area contributed by atoms with Gasteiger partial charge in [-0.15, -0.1) is 0 Å². The zero-order chi connectivity index (χ0) is 18.3. The van der Waals surface area contributed by atoms with Crippen LogP contribution < -0.4 is 5.32 Å². The lowest BCUT2D eigenvalue weighted by Crippen LogP contribution is -2.46. The van der Waals surface area contributed by atoms with Crippen molar-refractivity contribution in [3.05, 3.63) is 35.4 Å². The Balaban J connectivity index is 2.83. The molecule has 0 heterocycles. The number of benzene rings is 1. The summed E-state index contributed by atoms with van der Waals surface area (Å²) < 4.78 is 42.6. The lowest BCUT2D eigenvalue weighted by molar-refractivity contribution is -0.146. The van der Waals surface area contributed by atoms with Gasteiger partial charge in [0.15, 0.2) is 0 Å². The molecule has 1 aromatic rings. The van der Waals surface area contributed by atoms with Crippen molar-refractivity contribution in [3.63, 3.8) is 0 Å². The smallest absolute Gasteiger partial charge is 0.416 e. The van der Waals surface area contributed by atoms with E-state index in [9.17, 15) is 22.8 Å². The molecule has 0 bridgehead atoms. The fourth-order valence-corrected chi connectivity index (χ4v) is 2.09.